The van der Waals surface area contributed by atoms with Crippen molar-refractivity contribution in [2.24, 2.45) is 11.7 Å². The first-order valence-electron chi connectivity index (χ1n) is 9.59. The molecular weight excluding hydrogens is 366 g/mol. The van der Waals surface area contributed by atoms with Gasteiger partial charge in [0.1, 0.15) is 0 Å². The molecule has 3 atom stereocenters. The highest BCUT2D eigenvalue weighted by molar-refractivity contribution is 7.80. The molecule has 8 heteroatoms. The summed E-state index contributed by atoms with van der Waals surface area (Å²) in [5, 5.41) is 22.3. The number of hydrogen-bond acceptors (Lipinski definition) is 6. The lowest BCUT2D eigenvalue weighted by molar-refractivity contribution is -0.166. The summed E-state index contributed by atoms with van der Waals surface area (Å²) in [6.07, 6.45) is 5.65. The summed E-state index contributed by atoms with van der Waals surface area (Å²) < 4.78 is 0. The first kappa shape index (κ1) is 25.9. The molecule has 0 aliphatic rings. The van der Waals surface area contributed by atoms with Gasteiger partial charge in [0.15, 0.2) is 5.66 Å². The summed E-state index contributed by atoms with van der Waals surface area (Å²) in [6.45, 7) is 7.55. The van der Waals surface area contributed by atoms with Gasteiger partial charge in [0.25, 0.3) is 0 Å². The van der Waals surface area contributed by atoms with Gasteiger partial charge in [0.05, 0.1) is 0 Å². The fourth-order valence-corrected chi connectivity index (χ4v) is 2.95. The summed E-state index contributed by atoms with van der Waals surface area (Å²) in [5.74, 6) is -0.619. The molecule has 0 aliphatic heterocycles. The summed E-state index contributed by atoms with van der Waals surface area (Å²) in [7, 11) is 0. The van der Waals surface area contributed by atoms with Gasteiger partial charge in [-0.15, -0.1) is 0 Å². The number of nitrogens with two attached hydrogens (primary N) is 1. The van der Waals surface area contributed by atoms with Crippen molar-refractivity contribution in [1.82, 2.24) is 10.2 Å². The zero-order valence-corrected chi connectivity index (χ0v) is 17.9. The van der Waals surface area contributed by atoms with Crippen LogP contribution in [0.15, 0.2) is 12.2 Å². The number of nitrogens with zero attached hydrogens (tertiary/aromatic N) is 1. The van der Waals surface area contributed by atoms with E-state index >= 15 is 0 Å². The number of carboxylic acid groups (broad SMARTS) is 1. The van der Waals surface area contributed by atoms with Crippen molar-refractivity contribution >= 4 is 24.5 Å². The van der Waals surface area contributed by atoms with E-state index in [2.05, 4.69) is 31.8 Å². The molecule has 7 nitrogen and oxygen atoms in total. The zero-order valence-electron chi connectivity index (χ0n) is 17.0. The van der Waals surface area contributed by atoms with Gasteiger partial charge in [0.2, 0.25) is 5.91 Å². The van der Waals surface area contributed by atoms with Crippen LogP contribution in [-0.2, 0) is 9.59 Å². The highest BCUT2D eigenvalue weighted by Crippen LogP contribution is 2.22. The third kappa shape index (κ3) is 8.21. The third-order valence-electron chi connectivity index (χ3n) is 4.61. The Morgan fingerprint density at radius 2 is 1.93 bits per heavy atom. The van der Waals surface area contributed by atoms with Crippen molar-refractivity contribution in [1.29, 1.82) is 0 Å². The van der Waals surface area contributed by atoms with Crippen LogP contribution < -0.4 is 11.1 Å². The van der Waals surface area contributed by atoms with Crippen LogP contribution in [0.2, 0.25) is 0 Å². The predicted molar refractivity (Wildman–Crippen MR) is 112 cm³/mol. The van der Waals surface area contributed by atoms with E-state index in [0.29, 0.717) is 11.7 Å². The molecule has 0 saturated heterocycles. The number of aliphatic hydroxyl groups is 1. The molecule has 0 aliphatic carbocycles. The lowest BCUT2D eigenvalue weighted by Gasteiger charge is -2.44. The maximum absolute atomic E-state index is 12.9. The Balaban J connectivity index is 5.53. The van der Waals surface area contributed by atoms with Crippen LogP contribution in [0.5, 0.6) is 0 Å². The Kier molecular flexibility index (Phi) is 12.6. The number of aliphatic hydroxyl groups excluding tert-OH is 1. The summed E-state index contributed by atoms with van der Waals surface area (Å²) in [6, 6.07) is -0.742. The SMILES string of the molecule is CC[C@H](C)C/C=C/CC(=O)N(C(C)C)[C@](CCO)(NC[C@@H](N)CS)C(=O)O. The summed E-state index contributed by atoms with van der Waals surface area (Å²) >= 11 is 4.11. The number of thiol groups is 1. The molecule has 0 bridgehead atoms. The van der Waals surface area contributed by atoms with Gasteiger partial charge < -0.3 is 20.8 Å². The number of amides is 1. The van der Waals surface area contributed by atoms with Gasteiger partial charge in [-0.1, -0.05) is 32.4 Å². The second kappa shape index (κ2) is 13.1. The third-order valence-corrected chi connectivity index (χ3v) is 5.08. The van der Waals surface area contributed by atoms with E-state index in [4.69, 9.17) is 5.73 Å². The average Bonchev–Trinajstić information content (AvgIpc) is 2.62. The molecule has 0 aromatic carbocycles. The second-order valence-electron chi connectivity index (χ2n) is 7.24. The number of carboxylic acids is 1. The number of carbonyl (C=O) groups excluding carboxylic acids is 1. The smallest absolute Gasteiger partial charge is 0.345 e. The molecule has 0 fully saturated rings. The molecule has 0 saturated carbocycles. The summed E-state index contributed by atoms with van der Waals surface area (Å²) in [4.78, 5) is 26.4. The van der Waals surface area contributed by atoms with Crippen LogP contribution in [0.3, 0.4) is 0 Å². The molecule has 0 radical (unpaired) electrons. The maximum Gasteiger partial charge on any atom is 0.345 e. The molecule has 0 aromatic heterocycles. The van der Waals surface area contributed by atoms with E-state index in [1.54, 1.807) is 19.9 Å². The van der Waals surface area contributed by atoms with Gasteiger partial charge in [0, 0.05) is 43.8 Å². The largest absolute Gasteiger partial charge is 0.478 e. The van der Waals surface area contributed by atoms with Gasteiger partial charge in [-0.25, -0.2) is 4.79 Å². The number of carbonyl (C=O) groups is 2. The van der Waals surface area contributed by atoms with Crippen LogP contribution in [0.4, 0.5) is 0 Å². The molecule has 0 rings (SSSR count). The van der Waals surface area contributed by atoms with E-state index in [9.17, 15) is 19.8 Å². The fourth-order valence-electron chi connectivity index (χ4n) is 2.83. The monoisotopic (exact) mass is 403 g/mol. The molecule has 0 unspecified atom stereocenters. The minimum absolute atomic E-state index is 0.107. The Labute approximate surface area is 168 Å². The van der Waals surface area contributed by atoms with Crippen LogP contribution >= 0.6 is 12.6 Å². The number of aliphatic carboxylic acids is 1. The van der Waals surface area contributed by atoms with Crippen molar-refractivity contribution in [2.75, 3.05) is 18.9 Å². The minimum Gasteiger partial charge on any atom is -0.478 e. The van der Waals surface area contributed by atoms with Crippen LogP contribution in [0.1, 0.15) is 53.4 Å². The normalized spacial score (nSPS) is 16.3. The highest BCUT2D eigenvalue weighted by atomic mass is 32.1. The van der Waals surface area contributed by atoms with Gasteiger partial charge >= 0.3 is 5.97 Å². The molecule has 0 aromatic rings. The van der Waals surface area contributed by atoms with E-state index in [1.165, 1.54) is 4.90 Å². The van der Waals surface area contributed by atoms with Crippen molar-refractivity contribution in [2.45, 2.75) is 71.1 Å². The number of hydrogen-bond donors (Lipinski definition) is 5. The van der Waals surface area contributed by atoms with Crippen LogP contribution in [-0.4, -0.2) is 63.6 Å². The molecule has 0 heterocycles. The van der Waals surface area contributed by atoms with Crippen molar-refractivity contribution in [3.63, 3.8) is 0 Å². The first-order chi connectivity index (χ1) is 12.7. The van der Waals surface area contributed by atoms with Crippen molar-refractivity contribution < 1.29 is 19.8 Å². The number of nitrogens with one attached hydrogen (secondary N) is 1. The molecule has 0 spiro atoms. The first-order valence-corrected chi connectivity index (χ1v) is 10.2. The number of rotatable bonds is 14. The Hall–Kier alpha value is -1.09. The minimum atomic E-state index is -1.72. The van der Waals surface area contributed by atoms with E-state index in [0.717, 1.165) is 12.8 Å². The van der Waals surface area contributed by atoms with Gasteiger partial charge in [-0.2, -0.15) is 12.6 Å². The maximum atomic E-state index is 12.9. The molecular formula is C19H37N3O4S. The lowest BCUT2D eigenvalue weighted by Crippen LogP contribution is -2.69. The van der Waals surface area contributed by atoms with Crippen molar-refractivity contribution in [3.05, 3.63) is 12.2 Å². The van der Waals surface area contributed by atoms with Gasteiger partial charge in [-0.05, 0) is 26.2 Å². The number of allylic oxidation sites excluding steroid dienone is 1. The Morgan fingerprint density at radius 1 is 1.30 bits per heavy atom. The van der Waals surface area contributed by atoms with Crippen molar-refractivity contribution in [3.8, 4) is 0 Å². The van der Waals surface area contributed by atoms with Crippen LogP contribution in [0.25, 0.3) is 0 Å². The Bertz CT molecular complexity index is 488. The van der Waals surface area contributed by atoms with Gasteiger partial charge in [-0.3, -0.25) is 10.1 Å². The fraction of sp³-hybridized carbons (Fsp3) is 0.789. The topological polar surface area (TPSA) is 116 Å². The lowest BCUT2D eigenvalue weighted by atomic mass is 10.00. The molecule has 158 valence electrons. The zero-order chi connectivity index (χ0) is 21.0. The molecule has 1 amide bonds. The van der Waals surface area contributed by atoms with Crippen LogP contribution in [0, 0.1) is 5.92 Å². The molecule has 5 N–H and O–H groups in total. The van der Waals surface area contributed by atoms with E-state index < -0.39 is 11.6 Å². The highest BCUT2D eigenvalue weighted by Gasteiger charge is 2.47. The standard InChI is InChI=1S/C19H37N3O4S/c1-5-15(4)8-6-7-9-17(24)22(14(2)3)19(10-11-23,18(25)26)21-12-16(20)13-27/h6-7,14-16,21,23,27H,5,8-13,20H2,1-4H3,(H,25,26)/b7-6+/t15-,16+,19-/m0/s1. The predicted octanol–water partition coefficient (Wildman–Crippen LogP) is 1.62. The van der Waals surface area contributed by atoms with E-state index in [-0.39, 0.29) is 44.0 Å². The molecule has 27 heavy (non-hydrogen) atoms. The average molecular weight is 404 g/mol. The quantitative estimate of drug-likeness (QED) is 0.171. The Morgan fingerprint density at radius 3 is 2.37 bits per heavy atom. The van der Waals surface area contributed by atoms with E-state index in [1.807, 2.05) is 6.08 Å². The summed E-state index contributed by atoms with van der Waals surface area (Å²) in [5.41, 5.74) is 4.14. The second-order valence-corrected chi connectivity index (χ2v) is 7.61.